The van der Waals surface area contributed by atoms with E-state index in [4.69, 9.17) is 0 Å². The Morgan fingerprint density at radius 2 is 1.48 bits per heavy atom. The van der Waals surface area contributed by atoms with Crippen LogP contribution in [0.15, 0.2) is 73.1 Å². The third-order valence-corrected chi connectivity index (χ3v) is 4.31. The molecule has 0 saturated heterocycles. The van der Waals surface area contributed by atoms with Crippen molar-refractivity contribution in [2.45, 2.75) is 6.92 Å². The molecule has 0 bridgehead atoms. The minimum absolute atomic E-state index is 0.361. The highest BCUT2D eigenvalue weighted by molar-refractivity contribution is 6.01. The molecule has 3 aromatic carbocycles. The van der Waals surface area contributed by atoms with Crippen molar-refractivity contribution in [1.82, 2.24) is 9.97 Å². The zero-order chi connectivity index (χ0) is 20.2. The molecule has 4 rings (SSSR count). The first-order valence-electron chi connectivity index (χ1n) is 8.99. The molecule has 3 N–H and O–H groups in total. The summed E-state index contributed by atoms with van der Waals surface area (Å²) in [5.41, 5.74) is 3.87. The Morgan fingerprint density at radius 3 is 2.24 bits per heavy atom. The van der Waals surface area contributed by atoms with E-state index in [0.29, 0.717) is 22.7 Å². The standard InChI is InChI=1S/C22H18FN5O/c1-14-2-6-16(7-3-14)26-21-19-11-10-18(12-20(19)24-13-25-21)28-22(29)27-17-8-4-15(23)5-9-17/h2-13H,1H3,(H,24,25,26)(H2,27,28,29). The Bertz CT molecular complexity index is 1160. The molecular formula is C22H18FN5O. The topological polar surface area (TPSA) is 78.9 Å². The fourth-order valence-corrected chi connectivity index (χ4v) is 2.83. The van der Waals surface area contributed by atoms with Gasteiger partial charge in [-0.2, -0.15) is 0 Å². The van der Waals surface area contributed by atoms with Gasteiger partial charge in [0.25, 0.3) is 0 Å². The van der Waals surface area contributed by atoms with Crippen LogP contribution < -0.4 is 16.0 Å². The number of hydrogen-bond donors (Lipinski definition) is 3. The molecule has 0 fully saturated rings. The second-order valence-electron chi connectivity index (χ2n) is 6.53. The molecule has 6 nitrogen and oxygen atoms in total. The maximum Gasteiger partial charge on any atom is 0.323 e. The van der Waals surface area contributed by atoms with Crippen LogP contribution in [0.5, 0.6) is 0 Å². The van der Waals surface area contributed by atoms with Gasteiger partial charge in [0.05, 0.1) is 5.52 Å². The molecule has 29 heavy (non-hydrogen) atoms. The maximum atomic E-state index is 13.0. The molecule has 0 aliphatic rings. The first kappa shape index (κ1) is 18.4. The zero-order valence-corrected chi connectivity index (χ0v) is 15.6. The molecule has 144 valence electrons. The summed E-state index contributed by atoms with van der Waals surface area (Å²) in [6, 6.07) is 18.5. The fraction of sp³-hybridized carbons (Fsp3) is 0.0455. The molecule has 0 spiro atoms. The number of urea groups is 1. The summed E-state index contributed by atoms with van der Waals surface area (Å²) in [4.78, 5) is 20.8. The van der Waals surface area contributed by atoms with Crippen LogP contribution in [-0.4, -0.2) is 16.0 Å². The highest BCUT2D eigenvalue weighted by Crippen LogP contribution is 2.25. The molecule has 0 radical (unpaired) electrons. The smallest absolute Gasteiger partial charge is 0.323 e. The number of halogens is 1. The third kappa shape index (κ3) is 4.47. The molecule has 0 unspecified atom stereocenters. The number of nitrogens with one attached hydrogen (secondary N) is 3. The number of rotatable bonds is 4. The molecule has 1 aromatic heterocycles. The van der Waals surface area contributed by atoms with Crippen molar-refractivity contribution < 1.29 is 9.18 Å². The fourth-order valence-electron chi connectivity index (χ4n) is 2.83. The number of aryl methyl sites for hydroxylation is 1. The highest BCUT2D eigenvalue weighted by atomic mass is 19.1. The number of aromatic nitrogens is 2. The van der Waals surface area contributed by atoms with Crippen LogP contribution in [0, 0.1) is 12.7 Å². The van der Waals surface area contributed by atoms with E-state index in [2.05, 4.69) is 25.9 Å². The van der Waals surface area contributed by atoms with Gasteiger partial charge in [0.15, 0.2) is 0 Å². The lowest BCUT2D eigenvalue weighted by Gasteiger charge is -2.11. The average molecular weight is 387 g/mol. The van der Waals surface area contributed by atoms with Crippen molar-refractivity contribution in [3.63, 3.8) is 0 Å². The molecule has 7 heteroatoms. The van der Waals surface area contributed by atoms with Gasteiger partial charge >= 0.3 is 6.03 Å². The summed E-state index contributed by atoms with van der Waals surface area (Å²) < 4.78 is 13.0. The van der Waals surface area contributed by atoms with Crippen molar-refractivity contribution in [3.05, 3.63) is 84.4 Å². The molecule has 1 heterocycles. The Morgan fingerprint density at radius 1 is 0.828 bits per heavy atom. The van der Waals surface area contributed by atoms with E-state index >= 15 is 0 Å². The lowest BCUT2D eigenvalue weighted by atomic mass is 10.2. The van der Waals surface area contributed by atoms with Gasteiger partial charge in [-0.25, -0.2) is 19.2 Å². The second-order valence-corrected chi connectivity index (χ2v) is 6.53. The summed E-state index contributed by atoms with van der Waals surface area (Å²) in [5.74, 6) is 0.321. The summed E-state index contributed by atoms with van der Waals surface area (Å²) in [6.07, 6.45) is 1.47. The lowest BCUT2D eigenvalue weighted by molar-refractivity contribution is 0.262. The number of anilines is 4. The first-order chi connectivity index (χ1) is 14.1. The van der Waals surface area contributed by atoms with Crippen molar-refractivity contribution in [2.24, 2.45) is 0 Å². The number of benzene rings is 3. The number of nitrogens with zero attached hydrogens (tertiary/aromatic N) is 2. The lowest BCUT2D eigenvalue weighted by Crippen LogP contribution is -2.19. The molecule has 0 saturated carbocycles. The Labute approximate surface area is 166 Å². The number of carbonyl (C=O) groups excluding carboxylic acids is 1. The van der Waals surface area contributed by atoms with Crippen molar-refractivity contribution in [2.75, 3.05) is 16.0 Å². The van der Waals surface area contributed by atoms with Crippen LogP contribution >= 0.6 is 0 Å². The Balaban J connectivity index is 1.51. The first-order valence-corrected chi connectivity index (χ1v) is 8.99. The number of carbonyl (C=O) groups is 1. The van der Waals surface area contributed by atoms with Gasteiger partial charge in [-0.05, 0) is 61.5 Å². The SMILES string of the molecule is Cc1ccc(Nc2ncnc3cc(NC(=O)Nc4ccc(F)cc4)ccc23)cc1. The van der Waals surface area contributed by atoms with E-state index < -0.39 is 6.03 Å². The summed E-state index contributed by atoms with van der Waals surface area (Å²) in [6.45, 7) is 2.03. The van der Waals surface area contributed by atoms with Crippen molar-refractivity contribution >= 4 is 39.8 Å². The van der Waals surface area contributed by atoms with E-state index in [1.165, 1.54) is 36.2 Å². The van der Waals surface area contributed by atoms with Gasteiger partial charge in [-0.3, -0.25) is 0 Å². The molecule has 2 amide bonds. The maximum absolute atomic E-state index is 13.0. The van der Waals surface area contributed by atoms with E-state index in [0.717, 1.165) is 11.1 Å². The van der Waals surface area contributed by atoms with Crippen LogP contribution in [-0.2, 0) is 0 Å². The van der Waals surface area contributed by atoms with Crippen LogP contribution in [0.1, 0.15) is 5.56 Å². The predicted molar refractivity (Wildman–Crippen MR) is 113 cm³/mol. The van der Waals surface area contributed by atoms with Crippen LogP contribution in [0.2, 0.25) is 0 Å². The van der Waals surface area contributed by atoms with Gasteiger partial charge in [0.2, 0.25) is 0 Å². The average Bonchev–Trinajstić information content (AvgIpc) is 2.71. The minimum Gasteiger partial charge on any atom is -0.340 e. The van der Waals surface area contributed by atoms with E-state index in [1.807, 2.05) is 37.3 Å². The third-order valence-electron chi connectivity index (χ3n) is 4.31. The van der Waals surface area contributed by atoms with Crippen LogP contribution in [0.25, 0.3) is 10.9 Å². The highest BCUT2D eigenvalue weighted by Gasteiger charge is 2.08. The van der Waals surface area contributed by atoms with E-state index in [1.54, 1.807) is 12.1 Å². The molecule has 0 aliphatic carbocycles. The van der Waals surface area contributed by atoms with E-state index in [9.17, 15) is 9.18 Å². The summed E-state index contributed by atoms with van der Waals surface area (Å²) >= 11 is 0. The predicted octanol–water partition coefficient (Wildman–Crippen LogP) is 5.46. The summed E-state index contributed by atoms with van der Waals surface area (Å²) in [7, 11) is 0. The van der Waals surface area contributed by atoms with Gasteiger partial charge < -0.3 is 16.0 Å². The molecule has 4 aromatic rings. The number of amides is 2. The van der Waals surface area contributed by atoms with Crippen LogP contribution in [0.3, 0.4) is 0 Å². The molecule has 0 atom stereocenters. The van der Waals surface area contributed by atoms with Gasteiger partial charge in [-0.1, -0.05) is 17.7 Å². The normalized spacial score (nSPS) is 10.6. The van der Waals surface area contributed by atoms with Crippen LogP contribution in [0.4, 0.5) is 32.1 Å². The molecular weight excluding hydrogens is 369 g/mol. The second kappa shape index (κ2) is 7.93. The Kier molecular flexibility index (Phi) is 5.03. The number of hydrogen-bond acceptors (Lipinski definition) is 4. The minimum atomic E-state index is -0.428. The van der Waals surface area contributed by atoms with E-state index in [-0.39, 0.29) is 5.82 Å². The number of fused-ring (bicyclic) bond motifs is 1. The van der Waals surface area contributed by atoms with Gasteiger partial charge in [-0.15, -0.1) is 0 Å². The monoisotopic (exact) mass is 387 g/mol. The van der Waals surface area contributed by atoms with Crippen molar-refractivity contribution in [1.29, 1.82) is 0 Å². The quantitative estimate of drug-likeness (QED) is 0.434. The van der Waals surface area contributed by atoms with Gasteiger partial charge in [0, 0.05) is 22.4 Å². The summed E-state index contributed by atoms with van der Waals surface area (Å²) in [5, 5.41) is 9.52. The largest absolute Gasteiger partial charge is 0.340 e. The zero-order valence-electron chi connectivity index (χ0n) is 15.6. The van der Waals surface area contributed by atoms with Gasteiger partial charge in [0.1, 0.15) is 18.0 Å². The Hall–Kier alpha value is -4.00. The van der Waals surface area contributed by atoms with Crippen molar-refractivity contribution in [3.8, 4) is 0 Å². The molecule has 0 aliphatic heterocycles.